The molecule has 1 atom stereocenters. The molecule has 0 spiro atoms. The summed E-state index contributed by atoms with van der Waals surface area (Å²) in [6.45, 7) is 0.825. The Morgan fingerprint density at radius 2 is 0.981 bits per heavy atom. The van der Waals surface area contributed by atoms with Gasteiger partial charge in [-0.25, -0.2) is 15.0 Å². The zero-order valence-corrected chi connectivity index (χ0v) is 28.5. The molecule has 0 radical (unpaired) electrons. The third-order valence-electron chi connectivity index (χ3n) is 9.75. The maximum atomic E-state index is 5.17. The van der Waals surface area contributed by atoms with Crippen LogP contribution in [0.3, 0.4) is 0 Å². The van der Waals surface area contributed by atoms with Crippen molar-refractivity contribution in [3.05, 3.63) is 187 Å². The molecule has 0 fully saturated rings. The van der Waals surface area contributed by atoms with Gasteiger partial charge >= 0.3 is 0 Å². The summed E-state index contributed by atoms with van der Waals surface area (Å²) in [5.41, 5.74) is 13.1. The highest BCUT2D eigenvalue weighted by Crippen LogP contribution is 2.37. The Morgan fingerprint density at radius 1 is 0.462 bits per heavy atom. The summed E-state index contributed by atoms with van der Waals surface area (Å²) in [4.78, 5) is 19.6. The molecule has 248 valence electrons. The largest absolute Gasteiger partial charge is 0.384 e. The lowest BCUT2D eigenvalue weighted by atomic mass is 9.85. The highest BCUT2D eigenvalue weighted by Gasteiger charge is 2.22. The van der Waals surface area contributed by atoms with Gasteiger partial charge in [0.05, 0.1) is 0 Å². The molecule has 5 heteroatoms. The first kappa shape index (κ1) is 31.3. The van der Waals surface area contributed by atoms with E-state index in [1.54, 1.807) is 6.20 Å². The van der Waals surface area contributed by atoms with Crippen LogP contribution in [-0.2, 0) is 0 Å². The van der Waals surface area contributed by atoms with E-state index in [4.69, 9.17) is 15.0 Å². The van der Waals surface area contributed by atoms with Gasteiger partial charge in [-0.1, -0.05) is 140 Å². The Bertz CT molecular complexity index is 2450. The zero-order valence-electron chi connectivity index (χ0n) is 28.5. The van der Waals surface area contributed by atoms with Crippen molar-refractivity contribution in [1.82, 2.24) is 25.3 Å². The molecular weight excluding hydrogens is 635 g/mol. The third kappa shape index (κ3) is 6.36. The Labute approximate surface area is 303 Å². The minimum Gasteiger partial charge on any atom is -0.384 e. The Balaban J connectivity index is 1.20. The molecule has 0 saturated heterocycles. The van der Waals surface area contributed by atoms with Gasteiger partial charge in [-0.15, -0.1) is 0 Å². The van der Waals surface area contributed by atoms with Crippen molar-refractivity contribution in [2.45, 2.75) is 6.42 Å². The number of fused-ring (bicyclic) bond motifs is 1. The lowest BCUT2D eigenvalue weighted by molar-refractivity contribution is 0.658. The van der Waals surface area contributed by atoms with Gasteiger partial charge in [-0.05, 0) is 69.6 Å². The molecule has 0 amide bonds. The molecule has 0 saturated carbocycles. The van der Waals surface area contributed by atoms with E-state index in [9.17, 15) is 0 Å². The summed E-state index contributed by atoms with van der Waals surface area (Å²) in [5, 5.41) is 3.69. The fourth-order valence-electron chi connectivity index (χ4n) is 7.05. The molecule has 52 heavy (non-hydrogen) atoms. The van der Waals surface area contributed by atoms with Gasteiger partial charge < -0.3 is 5.32 Å². The summed E-state index contributed by atoms with van der Waals surface area (Å²) in [7, 11) is 0. The minimum atomic E-state index is 0.340. The fraction of sp³-hybridized carbons (Fsp3) is 0.0638. The van der Waals surface area contributed by atoms with Crippen molar-refractivity contribution in [2.24, 2.45) is 5.92 Å². The van der Waals surface area contributed by atoms with Crippen LogP contribution in [0.25, 0.3) is 73.1 Å². The van der Waals surface area contributed by atoms with Gasteiger partial charge in [0.2, 0.25) is 0 Å². The van der Waals surface area contributed by atoms with E-state index in [2.05, 4.69) is 144 Å². The quantitative estimate of drug-likeness (QED) is 0.171. The summed E-state index contributed by atoms with van der Waals surface area (Å²) >= 11 is 0. The molecule has 3 heterocycles. The second kappa shape index (κ2) is 13.9. The second-order valence-corrected chi connectivity index (χ2v) is 13.1. The van der Waals surface area contributed by atoms with Crippen LogP contribution < -0.4 is 5.32 Å². The van der Waals surface area contributed by atoms with Crippen LogP contribution in [0.4, 0.5) is 0 Å². The molecule has 1 N–H and O–H groups in total. The maximum Gasteiger partial charge on any atom is 0.164 e. The Morgan fingerprint density at radius 3 is 1.65 bits per heavy atom. The van der Waals surface area contributed by atoms with Gasteiger partial charge in [0.1, 0.15) is 0 Å². The first-order valence-electron chi connectivity index (χ1n) is 17.7. The molecule has 2 aromatic heterocycles. The van der Waals surface area contributed by atoms with Gasteiger partial charge in [-0.3, -0.25) is 4.98 Å². The molecule has 1 unspecified atom stereocenters. The number of hydrogen-bond acceptors (Lipinski definition) is 5. The molecule has 9 rings (SSSR count). The monoisotopic (exact) mass is 669 g/mol. The number of benzene rings is 5. The molecule has 5 nitrogen and oxygen atoms in total. The Hall–Kier alpha value is -6.72. The summed E-state index contributed by atoms with van der Waals surface area (Å²) < 4.78 is 0. The number of hydrogen-bond donors (Lipinski definition) is 1. The lowest BCUT2D eigenvalue weighted by Crippen LogP contribution is -2.26. The van der Waals surface area contributed by atoms with E-state index in [1.807, 2.05) is 36.5 Å². The average molecular weight is 670 g/mol. The predicted octanol–water partition coefficient (Wildman–Crippen LogP) is 10.7. The molecule has 5 aromatic carbocycles. The molecule has 1 aliphatic heterocycles. The smallest absolute Gasteiger partial charge is 0.164 e. The second-order valence-electron chi connectivity index (χ2n) is 13.1. The summed E-state index contributed by atoms with van der Waals surface area (Å²) in [6, 6.07) is 48.5. The first-order chi connectivity index (χ1) is 25.7. The first-order valence-corrected chi connectivity index (χ1v) is 17.7. The minimum absolute atomic E-state index is 0.340. The Kier molecular flexibility index (Phi) is 8.35. The average Bonchev–Trinajstić information content (AvgIpc) is 3.24. The van der Waals surface area contributed by atoms with Gasteiger partial charge in [0, 0.05) is 52.8 Å². The zero-order chi connectivity index (χ0) is 34.7. The van der Waals surface area contributed by atoms with Crippen molar-refractivity contribution in [2.75, 3.05) is 6.54 Å². The highest BCUT2D eigenvalue weighted by molar-refractivity contribution is 5.85. The van der Waals surface area contributed by atoms with Crippen molar-refractivity contribution in [3.63, 3.8) is 0 Å². The number of pyridine rings is 1. The van der Waals surface area contributed by atoms with E-state index in [1.165, 1.54) is 16.8 Å². The van der Waals surface area contributed by atoms with Crippen LogP contribution in [0.5, 0.6) is 0 Å². The lowest BCUT2D eigenvalue weighted by Gasteiger charge is -2.27. The van der Waals surface area contributed by atoms with Crippen molar-refractivity contribution in [1.29, 1.82) is 0 Å². The number of nitrogens with zero attached hydrogens (tertiary/aromatic N) is 4. The van der Waals surface area contributed by atoms with E-state index < -0.39 is 0 Å². The predicted molar refractivity (Wildman–Crippen MR) is 212 cm³/mol. The number of allylic oxidation sites excluding steroid dienone is 4. The van der Waals surface area contributed by atoms with Crippen LogP contribution >= 0.6 is 0 Å². The van der Waals surface area contributed by atoms with Gasteiger partial charge in [0.15, 0.2) is 17.5 Å². The van der Waals surface area contributed by atoms with E-state index in [-0.39, 0.29) is 0 Å². The van der Waals surface area contributed by atoms with E-state index in [0.29, 0.717) is 23.4 Å². The number of rotatable bonds is 7. The number of aromatic nitrogens is 4. The third-order valence-corrected chi connectivity index (χ3v) is 9.75. The fourth-order valence-corrected chi connectivity index (χ4v) is 7.05. The van der Waals surface area contributed by atoms with Crippen LogP contribution in [0.2, 0.25) is 0 Å². The van der Waals surface area contributed by atoms with Crippen LogP contribution in [0, 0.1) is 5.92 Å². The number of nitrogens with one attached hydrogen (secondary N) is 1. The van der Waals surface area contributed by atoms with E-state index >= 15 is 0 Å². The normalized spacial score (nSPS) is 14.9. The molecule has 2 aliphatic rings. The standard InChI is InChI=1S/C47H35N5/c1-3-10-32(11-4-1)33-22-24-38(25-23-33)46-50-45(37-12-5-2-6-13-37)51-47(52-46)42-29-40(35-20-18-34(19-21-35)39-16-8-26-48-31-39)28-41(30-42)43-17-7-14-36-15-9-27-49-44(36)43/h1-13,15-26,28-31,36,49H,14,27H2. The van der Waals surface area contributed by atoms with Crippen LogP contribution in [0.15, 0.2) is 182 Å². The van der Waals surface area contributed by atoms with E-state index in [0.717, 1.165) is 63.0 Å². The van der Waals surface area contributed by atoms with Crippen molar-refractivity contribution >= 4 is 5.57 Å². The summed E-state index contributed by atoms with van der Waals surface area (Å²) in [5.74, 6) is 2.24. The molecular formula is C47H35N5. The molecule has 0 bridgehead atoms. The summed E-state index contributed by atoms with van der Waals surface area (Å²) in [6.07, 6.45) is 13.8. The van der Waals surface area contributed by atoms with Crippen molar-refractivity contribution in [3.8, 4) is 67.5 Å². The van der Waals surface area contributed by atoms with Gasteiger partial charge in [0.25, 0.3) is 0 Å². The SMILES string of the molecule is C1=CC2CC=CC(c3cc(-c4ccc(-c5cccnc5)cc4)cc(-c4nc(-c5ccccc5)nc(-c5ccc(-c6ccccc6)cc5)n4)c3)=C2NC1. The van der Waals surface area contributed by atoms with Crippen LogP contribution in [0.1, 0.15) is 12.0 Å². The molecule has 1 aliphatic carbocycles. The molecule has 7 aromatic rings. The van der Waals surface area contributed by atoms with Crippen LogP contribution in [-0.4, -0.2) is 26.5 Å². The maximum absolute atomic E-state index is 5.17. The van der Waals surface area contributed by atoms with Crippen molar-refractivity contribution < 1.29 is 0 Å². The topological polar surface area (TPSA) is 63.6 Å². The highest BCUT2D eigenvalue weighted by atomic mass is 15.0. The van der Waals surface area contributed by atoms with Gasteiger partial charge in [-0.2, -0.15) is 0 Å².